The first-order valence-electron chi connectivity index (χ1n) is 15.2. The van der Waals surface area contributed by atoms with Crippen molar-refractivity contribution in [3.63, 3.8) is 0 Å². The van der Waals surface area contributed by atoms with Crippen molar-refractivity contribution >= 4 is 49.6 Å². The molecule has 1 saturated carbocycles. The Labute approximate surface area is 249 Å². The van der Waals surface area contributed by atoms with Gasteiger partial charge in [-0.1, -0.05) is 84.9 Å². The van der Waals surface area contributed by atoms with E-state index in [9.17, 15) is 4.79 Å². The Hall–Kier alpha value is -5.09. The van der Waals surface area contributed by atoms with Crippen LogP contribution in [-0.2, 0) is 16.1 Å². The lowest BCUT2D eigenvalue weighted by Crippen LogP contribution is -2.21. The highest BCUT2D eigenvalue weighted by Crippen LogP contribution is 2.44. The molecule has 4 nitrogen and oxygen atoms in total. The zero-order valence-electron chi connectivity index (χ0n) is 23.7. The van der Waals surface area contributed by atoms with E-state index in [1.807, 2.05) is 0 Å². The zero-order chi connectivity index (χ0) is 28.5. The average Bonchev–Trinajstić information content (AvgIpc) is 3.84. The number of para-hydroxylation sites is 4. The number of allylic oxidation sites excluding steroid dienone is 2. The molecule has 0 saturated heterocycles. The van der Waals surface area contributed by atoms with Crippen LogP contribution in [-0.4, -0.2) is 15.1 Å². The van der Waals surface area contributed by atoms with E-state index in [1.54, 1.807) is 0 Å². The molecule has 7 aromatic rings. The Balaban J connectivity index is 1.24. The molecule has 0 spiro atoms. The minimum atomic E-state index is -0.0717. The van der Waals surface area contributed by atoms with E-state index in [4.69, 9.17) is 4.74 Å². The van der Waals surface area contributed by atoms with E-state index in [0.717, 1.165) is 51.8 Å². The van der Waals surface area contributed by atoms with E-state index in [2.05, 4.69) is 137 Å². The second-order valence-corrected chi connectivity index (χ2v) is 12.1. The van der Waals surface area contributed by atoms with E-state index in [0.29, 0.717) is 11.8 Å². The summed E-state index contributed by atoms with van der Waals surface area (Å²) in [5, 5.41) is 4.88. The van der Waals surface area contributed by atoms with Gasteiger partial charge in [-0.3, -0.25) is 4.79 Å². The number of carbonyl (C=O) groups excluding carboxylic acids is 1. The van der Waals surface area contributed by atoms with Gasteiger partial charge in [0.1, 0.15) is 6.61 Å². The van der Waals surface area contributed by atoms with Crippen molar-refractivity contribution in [3.05, 3.63) is 133 Å². The highest BCUT2D eigenvalue weighted by molar-refractivity contribution is 6.10. The first kappa shape index (κ1) is 24.5. The van der Waals surface area contributed by atoms with Crippen molar-refractivity contribution < 1.29 is 9.53 Å². The van der Waals surface area contributed by atoms with Crippen LogP contribution >= 0.6 is 0 Å². The summed E-state index contributed by atoms with van der Waals surface area (Å²) < 4.78 is 10.8. The molecule has 0 N–H and O–H groups in total. The molecule has 5 aromatic carbocycles. The van der Waals surface area contributed by atoms with Crippen LogP contribution in [0.3, 0.4) is 0 Å². The number of ether oxygens (including phenoxy) is 1. The second kappa shape index (κ2) is 9.47. The number of rotatable bonds is 5. The second-order valence-electron chi connectivity index (χ2n) is 12.1. The molecule has 4 heteroatoms. The summed E-state index contributed by atoms with van der Waals surface area (Å²) in [4.78, 5) is 13.3. The van der Waals surface area contributed by atoms with Crippen LogP contribution in [0, 0.1) is 17.8 Å². The fourth-order valence-electron chi connectivity index (χ4n) is 7.71. The van der Waals surface area contributed by atoms with E-state index in [1.165, 1.54) is 21.5 Å². The Morgan fingerprint density at radius 2 is 1.07 bits per heavy atom. The molecule has 43 heavy (non-hydrogen) atoms. The number of carbonyl (C=O) groups is 1. The highest BCUT2D eigenvalue weighted by Gasteiger charge is 2.40. The standard InChI is InChI=1S/C39H30N2O2/c42-39(34-22-25-17-18-27(34)19-25)43-24-26-20-28(40-35-13-5-1-9-30(35)31-10-2-6-14-36(31)40)23-29(21-26)41-37-15-7-3-11-32(37)33-12-4-8-16-38(33)41/h1-18,20-21,23,25,27,34H,19,22,24H2. The lowest BCUT2D eigenvalue weighted by molar-refractivity contribution is -0.150. The van der Waals surface area contributed by atoms with Gasteiger partial charge in [-0.15, -0.1) is 0 Å². The van der Waals surface area contributed by atoms with Gasteiger partial charge in [0.2, 0.25) is 0 Å². The minimum absolute atomic E-state index is 0.0210. The quantitative estimate of drug-likeness (QED) is 0.156. The lowest BCUT2D eigenvalue weighted by atomic mass is 9.94. The third-order valence-electron chi connectivity index (χ3n) is 9.60. The largest absolute Gasteiger partial charge is 0.461 e. The van der Waals surface area contributed by atoms with Crippen molar-refractivity contribution in [2.75, 3.05) is 0 Å². The SMILES string of the molecule is O=C(OCc1cc(-n2c3ccccc3c3ccccc32)cc(-n2c3ccccc3c3ccccc32)c1)C1CC2C=CC1C2. The maximum Gasteiger partial charge on any atom is 0.309 e. The third kappa shape index (κ3) is 3.79. The Morgan fingerprint density at radius 3 is 1.49 bits per heavy atom. The minimum Gasteiger partial charge on any atom is -0.461 e. The van der Waals surface area contributed by atoms with Gasteiger partial charge in [0.05, 0.1) is 28.0 Å². The number of nitrogens with zero attached hydrogens (tertiary/aromatic N) is 2. The van der Waals surface area contributed by atoms with E-state index >= 15 is 0 Å². The molecule has 0 aliphatic heterocycles. The molecule has 2 aliphatic rings. The normalized spacial score (nSPS) is 19.3. The summed E-state index contributed by atoms with van der Waals surface area (Å²) in [7, 11) is 0. The van der Waals surface area contributed by atoms with Crippen molar-refractivity contribution in [1.82, 2.24) is 9.13 Å². The summed E-state index contributed by atoms with van der Waals surface area (Å²) in [6, 6.07) is 40.9. The monoisotopic (exact) mass is 558 g/mol. The highest BCUT2D eigenvalue weighted by atomic mass is 16.5. The molecular weight excluding hydrogens is 528 g/mol. The number of hydrogen-bond acceptors (Lipinski definition) is 2. The number of aromatic nitrogens is 2. The molecule has 2 heterocycles. The first-order valence-corrected chi connectivity index (χ1v) is 15.2. The van der Waals surface area contributed by atoms with Gasteiger partial charge < -0.3 is 13.9 Å². The van der Waals surface area contributed by atoms with E-state index in [-0.39, 0.29) is 18.5 Å². The number of benzene rings is 5. The van der Waals surface area contributed by atoms with Gasteiger partial charge in [-0.25, -0.2) is 0 Å². The summed E-state index contributed by atoms with van der Waals surface area (Å²) in [6.45, 7) is 0.242. The van der Waals surface area contributed by atoms with Gasteiger partial charge in [-0.2, -0.15) is 0 Å². The van der Waals surface area contributed by atoms with Crippen LogP contribution in [0.4, 0.5) is 0 Å². The van der Waals surface area contributed by atoms with Crippen LogP contribution in [0.15, 0.2) is 127 Å². The molecule has 3 atom stereocenters. The maximum atomic E-state index is 13.3. The Morgan fingerprint density at radius 1 is 0.605 bits per heavy atom. The number of hydrogen-bond donors (Lipinski definition) is 0. The Kier molecular flexibility index (Phi) is 5.39. The van der Waals surface area contributed by atoms with Crippen LogP contribution in [0.5, 0.6) is 0 Å². The zero-order valence-corrected chi connectivity index (χ0v) is 23.7. The van der Waals surface area contributed by atoms with Crippen LogP contribution in [0.2, 0.25) is 0 Å². The summed E-state index contributed by atoms with van der Waals surface area (Å²) in [5.74, 6) is 0.766. The predicted octanol–water partition coefficient (Wildman–Crippen LogP) is 9.14. The fraction of sp³-hybridized carbons (Fsp3) is 0.154. The van der Waals surface area contributed by atoms with Gasteiger partial charge in [0.15, 0.2) is 0 Å². The van der Waals surface area contributed by atoms with Crippen molar-refractivity contribution in [3.8, 4) is 11.4 Å². The average molecular weight is 559 g/mol. The van der Waals surface area contributed by atoms with Gasteiger partial charge in [-0.05, 0) is 72.7 Å². The van der Waals surface area contributed by atoms with Gasteiger partial charge in [0.25, 0.3) is 0 Å². The maximum absolute atomic E-state index is 13.3. The summed E-state index contributed by atoms with van der Waals surface area (Å²) >= 11 is 0. The molecule has 208 valence electrons. The molecule has 1 fully saturated rings. The Bertz CT molecular complexity index is 2010. The lowest BCUT2D eigenvalue weighted by Gasteiger charge is -2.18. The van der Waals surface area contributed by atoms with Crippen LogP contribution in [0.25, 0.3) is 55.0 Å². The van der Waals surface area contributed by atoms with Crippen LogP contribution < -0.4 is 0 Å². The molecule has 2 aliphatic carbocycles. The predicted molar refractivity (Wildman–Crippen MR) is 174 cm³/mol. The van der Waals surface area contributed by atoms with Gasteiger partial charge >= 0.3 is 5.97 Å². The summed E-state index contributed by atoms with van der Waals surface area (Å²) in [6.07, 6.45) is 6.47. The molecule has 0 amide bonds. The fourth-order valence-corrected chi connectivity index (χ4v) is 7.71. The van der Waals surface area contributed by atoms with E-state index < -0.39 is 0 Å². The number of fused-ring (bicyclic) bond motifs is 8. The third-order valence-corrected chi connectivity index (χ3v) is 9.60. The summed E-state index contributed by atoms with van der Waals surface area (Å²) in [5.41, 5.74) is 7.68. The van der Waals surface area contributed by atoms with Gasteiger partial charge in [0, 0.05) is 32.9 Å². The van der Waals surface area contributed by atoms with Crippen molar-refractivity contribution in [1.29, 1.82) is 0 Å². The molecule has 2 aromatic heterocycles. The molecular formula is C39H30N2O2. The van der Waals surface area contributed by atoms with Crippen LogP contribution in [0.1, 0.15) is 18.4 Å². The molecule has 0 radical (unpaired) electrons. The van der Waals surface area contributed by atoms with Crippen molar-refractivity contribution in [2.24, 2.45) is 17.8 Å². The molecule has 2 bridgehead atoms. The topological polar surface area (TPSA) is 36.2 Å². The van der Waals surface area contributed by atoms with Crippen molar-refractivity contribution in [2.45, 2.75) is 19.4 Å². The number of esters is 1. The first-order chi connectivity index (χ1) is 21.2. The smallest absolute Gasteiger partial charge is 0.309 e. The molecule has 9 rings (SSSR count). The molecule has 3 unspecified atom stereocenters.